The molecule has 1 atom stereocenters. The van der Waals surface area contributed by atoms with E-state index in [1.807, 2.05) is 67.7 Å². The standard InChI is InChI=1S/C24H22N2O2S/c1-3-23(29(2,27)28)19-12-18-10-7-11-26-24(18)22(14-19)21-13-20(15-25-16-21)17-8-5-4-6-9-17/h4-16,23H,3H2,1-2H3. The Morgan fingerprint density at radius 2 is 1.66 bits per heavy atom. The summed E-state index contributed by atoms with van der Waals surface area (Å²) in [7, 11) is -3.22. The van der Waals surface area contributed by atoms with Crippen molar-refractivity contribution in [3.05, 3.63) is 84.8 Å². The molecule has 0 aliphatic heterocycles. The zero-order chi connectivity index (χ0) is 20.4. The van der Waals surface area contributed by atoms with Crippen molar-refractivity contribution in [1.29, 1.82) is 0 Å². The zero-order valence-corrected chi connectivity index (χ0v) is 17.2. The summed E-state index contributed by atoms with van der Waals surface area (Å²) in [5.74, 6) is 0. The maximum Gasteiger partial charge on any atom is 0.154 e. The van der Waals surface area contributed by atoms with Crippen molar-refractivity contribution in [1.82, 2.24) is 9.97 Å². The number of aromatic nitrogens is 2. The molecular weight excluding hydrogens is 380 g/mol. The predicted octanol–water partition coefficient (Wildman–Crippen LogP) is 5.46. The Labute approximate surface area is 171 Å². The number of hydrogen-bond acceptors (Lipinski definition) is 4. The third-order valence-corrected chi connectivity index (χ3v) is 6.78. The summed E-state index contributed by atoms with van der Waals surface area (Å²) in [6.45, 7) is 1.90. The van der Waals surface area contributed by atoms with Gasteiger partial charge in [-0.1, -0.05) is 43.3 Å². The van der Waals surface area contributed by atoms with E-state index in [0.717, 1.165) is 38.7 Å². The van der Waals surface area contributed by atoms with Crippen LogP contribution in [0.5, 0.6) is 0 Å². The first-order chi connectivity index (χ1) is 14.0. The van der Waals surface area contributed by atoms with Crippen molar-refractivity contribution in [3.8, 4) is 22.3 Å². The Balaban J connectivity index is 1.94. The van der Waals surface area contributed by atoms with Crippen LogP contribution in [0.3, 0.4) is 0 Å². The largest absolute Gasteiger partial charge is 0.263 e. The number of hydrogen-bond donors (Lipinski definition) is 0. The van der Waals surface area contributed by atoms with E-state index in [-0.39, 0.29) is 0 Å². The van der Waals surface area contributed by atoms with Crippen molar-refractivity contribution < 1.29 is 8.42 Å². The van der Waals surface area contributed by atoms with E-state index in [9.17, 15) is 8.42 Å². The second-order valence-electron chi connectivity index (χ2n) is 7.20. The highest BCUT2D eigenvalue weighted by atomic mass is 32.2. The smallest absolute Gasteiger partial charge is 0.154 e. The van der Waals surface area contributed by atoms with Gasteiger partial charge >= 0.3 is 0 Å². The highest BCUT2D eigenvalue weighted by Crippen LogP contribution is 2.35. The van der Waals surface area contributed by atoms with Gasteiger partial charge in [-0.15, -0.1) is 0 Å². The lowest BCUT2D eigenvalue weighted by molar-refractivity contribution is 0.585. The summed E-state index contributed by atoms with van der Waals surface area (Å²) in [6, 6.07) is 19.9. The maximum atomic E-state index is 12.4. The fraction of sp³-hybridized carbons (Fsp3) is 0.167. The van der Waals surface area contributed by atoms with Crippen LogP contribution >= 0.6 is 0 Å². The van der Waals surface area contributed by atoms with Crippen molar-refractivity contribution >= 4 is 20.7 Å². The molecule has 4 rings (SSSR count). The van der Waals surface area contributed by atoms with E-state index >= 15 is 0 Å². The van der Waals surface area contributed by atoms with Gasteiger partial charge in [0.2, 0.25) is 0 Å². The Hall–Kier alpha value is -3.05. The van der Waals surface area contributed by atoms with E-state index in [1.54, 1.807) is 12.4 Å². The van der Waals surface area contributed by atoms with E-state index in [4.69, 9.17) is 0 Å². The molecule has 1 unspecified atom stereocenters. The first-order valence-electron chi connectivity index (χ1n) is 9.55. The van der Waals surface area contributed by atoms with Gasteiger partial charge in [0.25, 0.3) is 0 Å². The van der Waals surface area contributed by atoms with Gasteiger partial charge in [-0.25, -0.2) is 8.42 Å². The first kappa shape index (κ1) is 19.3. The molecule has 0 aliphatic carbocycles. The monoisotopic (exact) mass is 402 g/mol. The van der Waals surface area contributed by atoms with Gasteiger partial charge in [0, 0.05) is 46.9 Å². The topological polar surface area (TPSA) is 59.9 Å². The molecule has 146 valence electrons. The summed E-state index contributed by atoms with van der Waals surface area (Å²) < 4.78 is 24.7. The van der Waals surface area contributed by atoms with Crippen LogP contribution in [0.25, 0.3) is 33.2 Å². The van der Waals surface area contributed by atoms with Gasteiger partial charge < -0.3 is 0 Å². The molecule has 0 aliphatic rings. The van der Waals surface area contributed by atoms with Crippen molar-refractivity contribution in [3.63, 3.8) is 0 Å². The van der Waals surface area contributed by atoms with Gasteiger partial charge in [-0.2, -0.15) is 0 Å². The van der Waals surface area contributed by atoms with Gasteiger partial charge in [-0.05, 0) is 41.8 Å². The minimum atomic E-state index is -3.22. The molecule has 2 aromatic carbocycles. The molecule has 5 heteroatoms. The van der Waals surface area contributed by atoms with Gasteiger partial charge in [-0.3, -0.25) is 9.97 Å². The maximum absolute atomic E-state index is 12.4. The average molecular weight is 403 g/mol. The molecule has 4 nitrogen and oxygen atoms in total. The lowest BCUT2D eigenvalue weighted by Crippen LogP contribution is -2.10. The van der Waals surface area contributed by atoms with Gasteiger partial charge in [0.05, 0.1) is 10.8 Å². The molecule has 4 aromatic rings. The number of pyridine rings is 2. The Bertz CT molecular complexity index is 1270. The Morgan fingerprint density at radius 1 is 0.897 bits per heavy atom. The van der Waals surface area contributed by atoms with Gasteiger partial charge in [0.1, 0.15) is 0 Å². The number of rotatable bonds is 5. The molecule has 2 heterocycles. The molecule has 0 saturated heterocycles. The molecule has 0 fully saturated rings. The second-order valence-corrected chi connectivity index (χ2v) is 9.43. The van der Waals surface area contributed by atoms with E-state index in [1.165, 1.54) is 6.26 Å². The highest BCUT2D eigenvalue weighted by Gasteiger charge is 2.22. The summed E-state index contributed by atoms with van der Waals surface area (Å²) in [6.07, 6.45) is 7.22. The second kappa shape index (κ2) is 7.76. The van der Waals surface area contributed by atoms with Crippen molar-refractivity contribution in [2.75, 3.05) is 6.26 Å². The first-order valence-corrected chi connectivity index (χ1v) is 11.5. The number of sulfone groups is 1. The zero-order valence-electron chi connectivity index (χ0n) is 16.4. The molecule has 29 heavy (non-hydrogen) atoms. The van der Waals surface area contributed by atoms with E-state index in [2.05, 4.69) is 16.0 Å². The number of nitrogens with zero attached hydrogens (tertiary/aromatic N) is 2. The molecule has 0 radical (unpaired) electrons. The quantitative estimate of drug-likeness (QED) is 0.445. The third kappa shape index (κ3) is 3.91. The van der Waals surface area contributed by atoms with E-state index in [0.29, 0.717) is 6.42 Å². The molecule has 0 bridgehead atoms. The van der Waals surface area contributed by atoms with Gasteiger partial charge in [0.15, 0.2) is 9.84 Å². The molecule has 2 aromatic heterocycles. The molecule has 0 saturated carbocycles. The summed E-state index contributed by atoms with van der Waals surface area (Å²) in [5, 5.41) is 0.378. The number of fused-ring (bicyclic) bond motifs is 1. The summed E-state index contributed by atoms with van der Waals surface area (Å²) >= 11 is 0. The average Bonchev–Trinajstić information content (AvgIpc) is 2.73. The van der Waals surface area contributed by atoms with Crippen LogP contribution < -0.4 is 0 Å². The molecule has 0 spiro atoms. The normalized spacial score (nSPS) is 12.8. The van der Waals surface area contributed by atoms with Crippen LogP contribution in [0.1, 0.15) is 24.2 Å². The molecule has 0 N–H and O–H groups in total. The summed E-state index contributed by atoms with van der Waals surface area (Å²) in [4.78, 5) is 9.01. The minimum Gasteiger partial charge on any atom is -0.263 e. The van der Waals surface area contributed by atoms with Crippen molar-refractivity contribution in [2.45, 2.75) is 18.6 Å². The predicted molar refractivity (Wildman–Crippen MR) is 118 cm³/mol. The molecule has 0 amide bonds. The van der Waals surface area contributed by atoms with Crippen LogP contribution in [0.2, 0.25) is 0 Å². The third-order valence-electron chi connectivity index (χ3n) is 5.14. The van der Waals surface area contributed by atoms with Crippen LogP contribution in [0, 0.1) is 0 Å². The lowest BCUT2D eigenvalue weighted by atomic mass is 9.96. The van der Waals surface area contributed by atoms with Crippen LogP contribution in [0.15, 0.2) is 79.3 Å². The van der Waals surface area contributed by atoms with Crippen LogP contribution in [-0.4, -0.2) is 24.6 Å². The highest BCUT2D eigenvalue weighted by molar-refractivity contribution is 7.90. The van der Waals surface area contributed by atoms with Crippen LogP contribution in [-0.2, 0) is 9.84 Å². The number of benzene rings is 2. The SMILES string of the molecule is CCC(c1cc(-c2cncc(-c3ccccc3)c2)c2ncccc2c1)S(C)(=O)=O. The van der Waals surface area contributed by atoms with Crippen LogP contribution in [0.4, 0.5) is 0 Å². The minimum absolute atomic E-state index is 0.520. The lowest BCUT2D eigenvalue weighted by Gasteiger charge is -2.17. The van der Waals surface area contributed by atoms with E-state index < -0.39 is 15.1 Å². The van der Waals surface area contributed by atoms with Crippen molar-refractivity contribution in [2.24, 2.45) is 0 Å². The Kier molecular flexibility index (Phi) is 5.16. The Morgan fingerprint density at radius 3 is 2.38 bits per heavy atom. The molecular formula is C24H22N2O2S. The fourth-order valence-electron chi connectivity index (χ4n) is 3.78. The summed E-state index contributed by atoms with van der Waals surface area (Å²) in [5.41, 5.74) is 5.53. The fourth-order valence-corrected chi connectivity index (χ4v) is 5.02.